The Balaban J connectivity index is 3.38. The minimum atomic E-state index is -0.634. The van der Waals surface area contributed by atoms with E-state index in [2.05, 4.69) is 26.1 Å². The van der Waals surface area contributed by atoms with Crippen LogP contribution >= 0.6 is 11.6 Å². The number of ether oxygens (including phenoxy) is 1. The van der Waals surface area contributed by atoms with E-state index < -0.39 is 6.10 Å². The van der Waals surface area contributed by atoms with Crippen molar-refractivity contribution in [3.8, 4) is 5.75 Å². The lowest BCUT2D eigenvalue weighted by Gasteiger charge is -2.26. The Morgan fingerprint density at radius 3 is 2.44 bits per heavy atom. The molecular formula is C14H22ClNO2. The summed E-state index contributed by atoms with van der Waals surface area (Å²) in [6, 6.07) is 3.66. The van der Waals surface area contributed by atoms with Gasteiger partial charge < -0.3 is 15.2 Å². The summed E-state index contributed by atoms with van der Waals surface area (Å²) in [5, 5.41) is 13.7. The number of nitrogens with one attached hydrogen (secondary N) is 1. The van der Waals surface area contributed by atoms with Crippen molar-refractivity contribution < 1.29 is 9.84 Å². The molecule has 0 radical (unpaired) electrons. The first-order valence-corrected chi connectivity index (χ1v) is 6.39. The zero-order valence-electron chi connectivity index (χ0n) is 11.7. The third-order valence-electron chi connectivity index (χ3n) is 2.85. The zero-order chi connectivity index (χ0) is 13.9. The van der Waals surface area contributed by atoms with Crippen molar-refractivity contribution in [1.29, 1.82) is 0 Å². The lowest BCUT2D eigenvalue weighted by molar-refractivity contribution is 0.173. The van der Waals surface area contributed by atoms with Gasteiger partial charge in [-0.25, -0.2) is 0 Å². The Morgan fingerprint density at radius 1 is 1.39 bits per heavy atom. The highest BCUT2D eigenvalue weighted by atomic mass is 35.5. The maximum absolute atomic E-state index is 10.1. The van der Waals surface area contributed by atoms with Crippen LogP contribution in [-0.2, 0) is 5.41 Å². The van der Waals surface area contributed by atoms with Crippen LogP contribution < -0.4 is 10.1 Å². The Hall–Kier alpha value is -0.770. The van der Waals surface area contributed by atoms with Crippen LogP contribution in [0.5, 0.6) is 5.75 Å². The number of hydrogen-bond acceptors (Lipinski definition) is 3. The van der Waals surface area contributed by atoms with Crippen molar-refractivity contribution in [3.63, 3.8) is 0 Å². The summed E-state index contributed by atoms with van der Waals surface area (Å²) in [4.78, 5) is 0. The van der Waals surface area contributed by atoms with Crippen molar-refractivity contribution in [2.75, 3.05) is 20.7 Å². The monoisotopic (exact) mass is 271 g/mol. The standard InChI is InChI=1S/C14H22ClNO2/c1-14(2,3)11-7-9(15)6-10(13(11)18-5)12(17)8-16-4/h6-7,12,16-17H,8H2,1-5H3. The van der Waals surface area contributed by atoms with E-state index in [0.717, 1.165) is 16.9 Å². The molecule has 0 aromatic heterocycles. The van der Waals surface area contributed by atoms with Crippen LogP contribution in [0.2, 0.25) is 5.02 Å². The maximum atomic E-state index is 10.1. The molecule has 0 spiro atoms. The largest absolute Gasteiger partial charge is 0.496 e. The molecule has 0 amide bonds. The van der Waals surface area contributed by atoms with Crippen molar-refractivity contribution in [2.45, 2.75) is 32.3 Å². The van der Waals surface area contributed by atoms with Crippen molar-refractivity contribution in [2.24, 2.45) is 0 Å². The number of methoxy groups -OCH3 is 1. The van der Waals surface area contributed by atoms with Gasteiger partial charge in [0.15, 0.2) is 0 Å². The molecule has 0 saturated heterocycles. The highest BCUT2D eigenvalue weighted by molar-refractivity contribution is 6.30. The molecule has 18 heavy (non-hydrogen) atoms. The smallest absolute Gasteiger partial charge is 0.128 e. The van der Waals surface area contributed by atoms with Gasteiger partial charge in [0.2, 0.25) is 0 Å². The highest BCUT2D eigenvalue weighted by Gasteiger charge is 2.24. The number of hydrogen-bond donors (Lipinski definition) is 2. The van der Waals surface area contributed by atoms with Crippen LogP contribution in [0, 0.1) is 0 Å². The van der Waals surface area contributed by atoms with Gasteiger partial charge in [-0.15, -0.1) is 0 Å². The molecule has 0 bridgehead atoms. The van der Waals surface area contributed by atoms with Gasteiger partial charge in [-0.05, 0) is 24.6 Å². The molecule has 2 N–H and O–H groups in total. The summed E-state index contributed by atoms with van der Waals surface area (Å²) < 4.78 is 5.48. The second-order valence-electron chi connectivity index (χ2n) is 5.40. The quantitative estimate of drug-likeness (QED) is 0.885. The van der Waals surface area contributed by atoms with E-state index >= 15 is 0 Å². The van der Waals surface area contributed by atoms with Crippen molar-refractivity contribution >= 4 is 11.6 Å². The second kappa shape index (κ2) is 5.91. The van der Waals surface area contributed by atoms with Gasteiger partial charge in [-0.2, -0.15) is 0 Å². The fraction of sp³-hybridized carbons (Fsp3) is 0.571. The molecule has 0 saturated carbocycles. The predicted molar refractivity (Wildman–Crippen MR) is 75.6 cm³/mol. The Labute approximate surface area is 114 Å². The lowest BCUT2D eigenvalue weighted by atomic mass is 9.84. The van der Waals surface area contributed by atoms with E-state index in [1.807, 2.05) is 6.07 Å². The van der Waals surface area contributed by atoms with Gasteiger partial charge in [0.25, 0.3) is 0 Å². The number of aliphatic hydroxyl groups excluding tert-OH is 1. The molecule has 0 heterocycles. The number of benzene rings is 1. The normalized spacial score (nSPS) is 13.5. The summed E-state index contributed by atoms with van der Waals surface area (Å²) in [7, 11) is 3.42. The van der Waals surface area contributed by atoms with Crippen molar-refractivity contribution in [3.05, 3.63) is 28.3 Å². The van der Waals surface area contributed by atoms with Gasteiger partial charge in [-0.1, -0.05) is 32.4 Å². The number of likely N-dealkylation sites (N-methyl/N-ethyl adjacent to an activating group) is 1. The van der Waals surface area contributed by atoms with E-state index in [1.165, 1.54) is 0 Å². The van der Waals surface area contributed by atoms with E-state index in [9.17, 15) is 5.11 Å². The summed E-state index contributed by atoms with van der Waals surface area (Å²) >= 11 is 6.14. The maximum Gasteiger partial charge on any atom is 0.128 e. The van der Waals surface area contributed by atoms with Gasteiger partial charge in [0.1, 0.15) is 5.75 Å². The molecule has 0 aliphatic carbocycles. The highest BCUT2D eigenvalue weighted by Crippen LogP contribution is 2.38. The SMILES string of the molecule is CNCC(O)c1cc(Cl)cc(C(C)(C)C)c1OC. The molecule has 0 aliphatic rings. The fourth-order valence-corrected chi connectivity index (χ4v) is 2.18. The molecule has 102 valence electrons. The van der Waals surface area contributed by atoms with Gasteiger partial charge in [0, 0.05) is 22.7 Å². The average Bonchev–Trinajstić information content (AvgIpc) is 2.27. The van der Waals surface area contributed by atoms with Crippen LogP contribution in [0.4, 0.5) is 0 Å². The summed E-state index contributed by atoms with van der Waals surface area (Å²) in [5.41, 5.74) is 1.64. The Morgan fingerprint density at radius 2 is 2.00 bits per heavy atom. The third-order valence-corrected chi connectivity index (χ3v) is 3.07. The third kappa shape index (κ3) is 3.37. The van der Waals surface area contributed by atoms with Gasteiger partial charge in [0.05, 0.1) is 13.2 Å². The molecule has 1 atom stereocenters. The van der Waals surface area contributed by atoms with Gasteiger partial charge >= 0.3 is 0 Å². The average molecular weight is 272 g/mol. The minimum Gasteiger partial charge on any atom is -0.496 e. The summed E-state index contributed by atoms with van der Waals surface area (Å²) in [6.45, 7) is 6.74. The number of rotatable bonds is 4. The molecule has 3 nitrogen and oxygen atoms in total. The molecule has 1 rings (SSSR count). The molecule has 1 unspecified atom stereocenters. The molecule has 0 fully saturated rings. The lowest BCUT2D eigenvalue weighted by Crippen LogP contribution is -2.20. The summed E-state index contributed by atoms with van der Waals surface area (Å²) in [6.07, 6.45) is -0.634. The van der Waals surface area contributed by atoms with Crippen LogP contribution in [-0.4, -0.2) is 25.8 Å². The Bertz CT molecular complexity index is 413. The fourth-order valence-electron chi connectivity index (χ4n) is 1.95. The van der Waals surface area contributed by atoms with Crippen LogP contribution in [0.1, 0.15) is 38.0 Å². The van der Waals surface area contributed by atoms with Crippen LogP contribution in [0.25, 0.3) is 0 Å². The van der Waals surface area contributed by atoms with E-state index in [4.69, 9.17) is 16.3 Å². The van der Waals surface area contributed by atoms with E-state index in [1.54, 1.807) is 20.2 Å². The Kier molecular flexibility index (Phi) is 5.02. The van der Waals surface area contributed by atoms with E-state index in [-0.39, 0.29) is 5.41 Å². The predicted octanol–water partition coefficient (Wildman–Crippen LogP) is 2.90. The topological polar surface area (TPSA) is 41.5 Å². The molecular weight excluding hydrogens is 250 g/mol. The van der Waals surface area contributed by atoms with Crippen molar-refractivity contribution in [1.82, 2.24) is 5.32 Å². The van der Waals surface area contributed by atoms with Crippen LogP contribution in [0.15, 0.2) is 12.1 Å². The first-order chi connectivity index (χ1) is 8.31. The minimum absolute atomic E-state index is 0.0929. The van der Waals surface area contributed by atoms with Crippen LogP contribution in [0.3, 0.4) is 0 Å². The number of aliphatic hydroxyl groups is 1. The molecule has 0 aliphatic heterocycles. The second-order valence-corrected chi connectivity index (χ2v) is 5.84. The molecule has 1 aromatic rings. The first-order valence-electron chi connectivity index (χ1n) is 6.01. The zero-order valence-corrected chi connectivity index (χ0v) is 12.4. The summed E-state index contributed by atoms with van der Waals surface area (Å²) in [5.74, 6) is 0.717. The van der Waals surface area contributed by atoms with Gasteiger partial charge in [-0.3, -0.25) is 0 Å². The molecule has 4 heteroatoms. The first kappa shape index (κ1) is 15.3. The van der Waals surface area contributed by atoms with E-state index in [0.29, 0.717) is 11.6 Å². The molecule has 1 aromatic carbocycles. The number of halogens is 1.